The Balaban J connectivity index is 1.91. The number of ketones is 1. The predicted octanol–water partition coefficient (Wildman–Crippen LogP) is 2.70. The minimum Gasteiger partial charge on any atom is -0.469 e. The molecule has 0 N–H and O–H groups in total. The van der Waals surface area contributed by atoms with Crippen molar-refractivity contribution >= 4 is 35.2 Å². The molecule has 1 aromatic heterocycles. The number of nitrogens with zero attached hydrogens (tertiary/aromatic N) is 1. The Morgan fingerprint density at radius 2 is 2.10 bits per heavy atom. The van der Waals surface area contributed by atoms with Gasteiger partial charge in [-0.3, -0.25) is 9.59 Å². The Hall–Kier alpha value is -1.14. The monoisotopic (exact) mass is 323 g/mol. The maximum Gasteiger partial charge on any atom is 0.259 e. The maximum absolute atomic E-state index is 12.7. The third kappa shape index (κ3) is 2.79. The van der Waals surface area contributed by atoms with Crippen LogP contribution < -0.4 is 0 Å². The minimum atomic E-state index is -0.409. The number of Topliss-reactive ketones (excluding diaryl/α,β-unsaturated/α-hetero) is 1. The first-order chi connectivity index (χ1) is 10.2. The van der Waals surface area contributed by atoms with Crippen molar-refractivity contribution in [2.75, 3.05) is 18.1 Å². The van der Waals surface area contributed by atoms with E-state index in [1.807, 2.05) is 19.1 Å². The van der Waals surface area contributed by atoms with Crippen LogP contribution in [0.1, 0.15) is 19.1 Å². The standard InChI is InChI=1S/C15H17NO3S2/c1-2-5-16-11(9-10-4-3-6-19-10)13(17)12(14(16)18)15-20-7-8-21-15/h3-4,6,11H,2,5,7-9H2,1H3. The molecule has 0 aliphatic carbocycles. The van der Waals surface area contributed by atoms with Gasteiger partial charge in [0.15, 0.2) is 5.78 Å². The summed E-state index contributed by atoms with van der Waals surface area (Å²) in [5.74, 6) is 2.55. The van der Waals surface area contributed by atoms with E-state index in [0.717, 1.165) is 27.9 Å². The number of carbonyl (C=O) groups excluding carboxylic acids is 2. The van der Waals surface area contributed by atoms with Gasteiger partial charge in [-0.1, -0.05) is 6.92 Å². The van der Waals surface area contributed by atoms with Crippen molar-refractivity contribution in [2.45, 2.75) is 25.8 Å². The molecule has 2 fully saturated rings. The van der Waals surface area contributed by atoms with Gasteiger partial charge < -0.3 is 9.32 Å². The topological polar surface area (TPSA) is 50.5 Å². The molecule has 0 saturated carbocycles. The first-order valence-electron chi connectivity index (χ1n) is 7.09. The smallest absolute Gasteiger partial charge is 0.259 e. The Morgan fingerprint density at radius 1 is 1.33 bits per heavy atom. The first kappa shape index (κ1) is 14.8. The third-order valence-corrected chi connectivity index (χ3v) is 6.31. The normalized spacial score (nSPS) is 22.7. The Bertz CT molecular complexity index is 572. The fourth-order valence-electron chi connectivity index (χ4n) is 2.66. The third-order valence-electron chi connectivity index (χ3n) is 3.59. The van der Waals surface area contributed by atoms with E-state index in [2.05, 4.69) is 0 Å². The van der Waals surface area contributed by atoms with E-state index >= 15 is 0 Å². The highest BCUT2D eigenvalue weighted by Crippen LogP contribution is 2.42. The molecule has 1 amide bonds. The molecule has 3 heterocycles. The first-order valence-corrected chi connectivity index (χ1v) is 9.07. The van der Waals surface area contributed by atoms with Gasteiger partial charge in [-0.2, -0.15) is 0 Å². The zero-order valence-corrected chi connectivity index (χ0v) is 13.5. The van der Waals surface area contributed by atoms with Crippen molar-refractivity contribution in [1.82, 2.24) is 4.90 Å². The molecular formula is C15H17NO3S2. The lowest BCUT2D eigenvalue weighted by atomic mass is 10.1. The van der Waals surface area contributed by atoms with Crippen LogP contribution in [0.3, 0.4) is 0 Å². The van der Waals surface area contributed by atoms with Gasteiger partial charge in [0.25, 0.3) is 5.91 Å². The highest BCUT2D eigenvalue weighted by Gasteiger charge is 2.45. The van der Waals surface area contributed by atoms with E-state index < -0.39 is 6.04 Å². The van der Waals surface area contributed by atoms with Crippen LogP contribution in [-0.4, -0.2) is 40.7 Å². The highest BCUT2D eigenvalue weighted by atomic mass is 32.2. The number of carbonyl (C=O) groups is 2. The number of hydrogen-bond acceptors (Lipinski definition) is 5. The molecule has 1 aromatic rings. The van der Waals surface area contributed by atoms with Crippen LogP contribution in [-0.2, 0) is 16.0 Å². The molecule has 0 aromatic carbocycles. The van der Waals surface area contributed by atoms with Crippen LogP contribution in [0, 0.1) is 0 Å². The second-order valence-electron chi connectivity index (χ2n) is 5.02. The van der Waals surface area contributed by atoms with Gasteiger partial charge >= 0.3 is 0 Å². The number of furan rings is 1. The van der Waals surface area contributed by atoms with Crippen molar-refractivity contribution in [2.24, 2.45) is 0 Å². The lowest BCUT2D eigenvalue weighted by molar-refractivity contribution is -0.127. The SMILES string of the molecule is CCCN1C(=O)C(=C2SCCS2)C(=O)C1Cc1ccco1. The maximum atomic E-state index is 12.7. The predicted molar refractivity (Wildman–Crippen MR) is 85.2 cm³/mol. The molecule has 1 unspecified atom stereocenters. The van der Waals surface area contributed by atoms with Crippen LogP contribution >= 0.6 is 23.5 Å². The molecule has 2 aliphatic rings. The summed E-state index contributed by atoms with van der Waals surface area (Å²) in [4.78, 5) is 27.1. The Morgan fingerprint density at radius 3 is 2.71 bits per heavy atom. The minimum absolute atomic E-state index is 0.0400. The fourth-order valence-corrected chi connectivity index (χ4v) is 5.20. The summed E-state index contributed by atoms with van der Waals surface area (Å²) in [7, 11) is 0. The number of likely N-dealkylation sites (tertiary alicyclic amines) is 1. The Kier molecular flexibility index (Phi) is 4.45. The van der Waals surface area contributed by atoms with Gasteiger partial charge in [-0.15, -0.1) is 23.5 Å². The van der Waals surface area contributed by atoms with Crippen molar-refractivity contribution < 1.29 is 14.0 Å². The van der Waals surface area contributed by atoms with Crippen LogP contribution in [0.25, 0.3) is 0 Å². The van der Waals surface area contributed by atoms with E-state index in [9.17, 15) is 9.59 Å². The molecule has 1 atom stereocenters. The van der Waals surface area contributed by atoms with Gasteiger partial charge in [0.1, 0.15) is 17.4 Å². The van der Waals surface area contributed by atoms with Crippen molar-refractivity contribution in [1.29, 1.82) is 0 Å². The summed E-state index contributed by atoms with van der Waals surface area (Å²) in [6.07, 6.45) is 2.91. The zero-order valence-electron chi connectivity index (χ0n) is 11.8. The van der Waals surface area contributed by atoms with E-state index in [1.54, 1.807) is 34.7 Å². The molecule has 21 heavy (non-hydrogen) atoms. The quantitative estimate of drug-likeness (QED) is 0.630. The molecule has 6 heteroatoms. The van der Waals surface area contributed by atoms with E-state index in [1.165, 1.54) is 0 Å². The molecule has 4 nitrogen and oxygen atoms in total. The lowest BCUT2D eigenvalue weighted by Crippen LogP contribution is -2.37. The van der Waals surface area contributed by atoms with E-state index in [0.29, 0.717) is 18.5 Å². The number of rotatable bonds is 4. The summed E-state index contributed by atoms with van der Waals surface area (Å²) in [6, 6.07) is 3.25. The second kappa shape index (κ2) is 6.32. The summed E-state index contributed by atoms with van der Waals surface area (Å²) in [5, 5.41) is 0. The fraction of sp³-hybridized carbons (Fsp3) is 0.467. The van der Waals surface area contributed by atoms with Crippen molar-refractivity contribution in [3.8, 4) is 0 Å². The van der Waals surface area contributed by atoms with Gasteiger partial charge in [0, 0.05) is 24.5 Å². The molecule has 2 aliphatic heterocycles. The number of amides is 1. The van der Waals surface area contributed by atoms with Crippen LogP contribution in [0.5, 0.6) is 0 Å². The van der Waals surface area contributed by atoms with Crippen LogP contribution in [0.4, 0.5) is 0 Å². The molecule has 0 spiro atoms. The van der Waals surface area contributed by atoms with Crippen LogP contribution in [0.15, 0.2) is 32.6 Å². The largest absolute Gasteiger partial charge is 0.469 e. The van der Waals surface area contributed by atoms with E-state index in [4.69, 9.17) is 4.42 Å². The summed E-state index contributed by atoms with van der Waals surface area (Å²) < 4.78 is 6.26. The number of thioether (sulfide) groups is 2. The van der Waals surface area contributed by atoms with Crippen LogP contribution in [0.2, 0.25) is 0 Å². The summed E-state index contributed by atoms with van der Waals surface area (Å²) >= 11 is 3.26. The van der Waals surface area contributed by atoms with Gasteiger partial charge in [-0.25, -0.2) is 0 Å². The molecule has 3 rings (SSSR count). The lowest BCUT2D eigenvalue weighted by Gasteiger charge is -2.21. The van der Waals surface area contributed by atoms with E-state index in [-0.39, 0.29) is 11.7 Å². The van der Waals surface area contributed by atoms with Crippen molar-refractivity contribution in [3.63, 3.8) is 0 Å². The molecule has 2 saturated heterocycles. The molecule has 0 radical (unpaired) electrons. The summed E-state index contributed by atoms with van der Waals surface area (Å²) in [6.45, 7) is 2.63. The average Bonchev–Trinajstić information content (AvgIpc) is 3.18. The highest BCUT2D eigenvalue weighted by molar-refractivity contribution is 8.25. The second-order valence-corrected chi connectivity index (χ2v) is 7.49. The summed E-state index contributed by atoms with van der Waals surface area (Å²) in [5.41, 5.74) is 0.410. The average molecular weight is 323 g/mol. The molecular weight excluding hydrogens is 306 g/mol. The van der Waals surface area contributed by atoms with Gasteiger partial charge in [-0.05, 0) is 18.6 Å². The molecule has 112 valence electrons. The van der Waals surface area contributed by atoms with Gasteiger partial charge in [0.05, 0.1) is 10.5 Å². The Labute approximate surface area is 132 Å². The van der Waals surface area contributed by atoms with Crippen molar-refractivity contribution in [3.05, 3.63) is 34.0 Å². The number of hydrogen-bond donors (Lipinski definition) is 0. The zero-order chi connectivity index (χ0) is 14.8. The molecule has 0 bridgehead atoms. The van der Waals surface area contributed by atoms with Gasteiger partial charge in [0.2, 0.25) is 0 Å².